The normalized spacial score (nSPS) is 12.8. The first-order valence-electron chi connectivity index (χ1n) is 6.44. The summed E-state index contributed by atoms with van der Waals surface area (Å²) in [5, 5.41) is 0. The average Bonchev–Trinajstić information content (AvgIpc) is 2.35. The van der Waals surface area contributed by atoms with Gasteiger partial charge in [-0.25, -0.2) is 0 Å². The van der Waals surface area contributed by atoms with E-state index in [1.54, 1.807) is 0 Å². The van der Waals surface area contributed by atoms with Gasteiger partial charge in [-0.05, 0) is 17.9 Å². The molecule has 0 amide bonds. The number of hydrogen-bond acceptors (Lipinski definition) is 2. The molecule has 1 rings (SSSR count). The van der Waals surface area contributed by atoms with Crippen molar-refractivity contribution in [3.05, 3.63) is 35.4 Å². The minimum absolute atomic E-state index is 0.0232. The van der Waals surface area contributed by atoms with Crippen LogP contribution in [0.25, 0.3) is 0 Å². The van der Waals surface area contributed by atoms with Gasteiger partial charge in [-0.1, -0.05) is 51.5 Å². The second-order valence-electron chi connectivity index (χ2n) is 4.86. The minimum atomic E-state index is -0.0232. The van der Waals surface area contributed by atoms with Crippen molar-refractivity contribution >= 4 is 5.78 Å². The van der Waals surface area contributed by atoms with Gasteiger partial charge in [-0.3, -0.25) is 4.79 Å². The summed E-state index contributed by atoms with van der Waals surface area (Å²) >= 11 is 0. The molecule has 94 valence electrons. The van der Waals surface area contributed by atoms with Crippen LogP contribution in [0.1, 0.15) is 55.5 Å². The number of hydrogen-bond donors (Lipinski definition) is 1. The lowest BCUT2D eigenvalue weighted by molar-refractivity contribution is 0.0917. The molecule has 1 aromatic rings. The van der Waals surface area contributed by atoms with Gasteiger partial charge in [0.05, 0.1) is 0 Å². The van der Waals surface area contributed by atoms with E-state index in [1.807, 2.05) is 24.3 Å². The Hall–Kier alpha value is -1.15. The van der Waals surface area contributed by atoms with E-state index < -0.39 is 0 Å². The summed E-state index contributed by atoms with van der Waals surface area (Å²) in [5.41, 5.74) is 7.71. The van der Waals surface area contributed by atoms with Gasteiger partial charge in [0.1, 0.15) is 0 Å². The maximum Gasteiger partial charge on any atom is 0.167 e. The third-order valence-electron chi connectivity index (χ3n) is 3.15. The average molecular weight is 233 g/mol. The number of ketones is 1. The maximum absolute atomic E-state index is 12.2. The van der Waals surface area contributed by atoms with Crippen molar-refractivity contribution in [3.63, 3.8) is 0 Å². The van der Waals surface area contributed by atoms with Crippen LogP contribution in [0.2, 0.25) is 0 Å². The molecule has 0 aromatic heterocycles. The van der Waals surface area contributed by atoms with Crippen LogP contribution in [0.3, 0.4) is 0 Å². The number of nitrogens with two attached hydrogens (primary N) is 1. The van der Waals surface area contributed by atoms with Crippen LogP contribution in [0.15, 0.2) is 24.3 Å². The monoisotopic (exact) mass is 233 g/mol. The second-order valence-corrected chi connectivity index (χ2v) is 4.86. The molecule has 0 saturated heterocycles. The van der Waals surface area contributed by atoms with Crippen molar-refractivity contribution in [2.45, 2.75) is 39.5 Å². The zero-order chi connectivity index (χ0) is 12.8. The van der Waals surface area contributed by atoms with Crippen LogP contribution in [0, 0.1) is 5.92 Å². The van der Waals surface area contributed by atoms with Crippen LogP contribution in [-0.2, 0) is 0 Å². The zero-order valence-corrected chi connectivity index (χ0v) is 11.1. The van der Waals surface area contributed by atoms with Gasteiger partial charge >= 0.3 is 0 Å². The molecule has 2 N–H and O–H groups in total. The van der Waals surface area contributed by atoms with Gasteiger partial charge in [-0.2, -0.15) is 0 Å². The Morgan fingerprint density at radius 2 is 1.82 bits per heavy atom. The lowest BCUT2D eigenvalue weighted by Gasteiger charge is -2.13. The summed E-state index contributed by atoms with van der Waals surface area (Å²) in [4.78, 5) is 12.2. The topological polar surface area (TPSA) is 43.1 Å². The molecule has 1 atom stereocenters. The van der Waals surface area contributed by atoms with E-state index in [1.165, 1.54) is 5.56 Å². The summed E-state index contributed by atoms with van der Waals surface area (Å²) < 4.78 is 0. The SMILES string of the molecule is CCCC(CN)C(=O)c1ccc(C(C)C)cc1. The van der Waals surface area contributed by atoms with Gasteiger partial charge in [0.25, 0.3) is 0 Å². The summed E-state index contributed by atoms with van der Waals surface area (Å²) in [6.45, 7) is 6.82. The van der Waals surface area contributed by atoms with E-state index in [4.69, 9.17) is 5.73 Å². The highest BCUT2D eigenvalue weighted by molar-refractivity contribution is 5.98. The molecule has 0 heterocycles. The van der Waals surface area contributed by atoms with Gasteiger partial charge in [0, 0.05) is 18.0 Å². The Labute approximate surface area is 104 Å². The summed E-state index contributed by atoms with van der Waals surface area (Å²) in [7, 11) is 0. The van der Waals surface area contributed by atoms with E-state index in [-0.39, 0.29) is 11.7 Å². The number of carbonyl (C=O) groups is 1. The molecule has 0 aliphatic carbocycles. The van der Waals surface area contributed by atoms with E-state index in [2.05, 4.69) is 20.8 Å². The highest BCUT2D eigenvalue weighted by atomic mass is 16.1. The molecule has 0 fully saturated rings. The number of benzene rings is 1. The number of Topliss-reactive ketones (excluding diaryl/α,β-unsaturated/α-hetero) is 1. The third kappa shape index (κ3) is 3.67. The van der Waals surface area contributed by atoms with Gasteiger partial charge in [0.2, 0.25) is 0 Å². The molecular formula is C15H23NO. The zero-order valence-electron chi connectivity index (χ0n) is 11.1. The molecule has 0 aliphatic rings. The molecule has 1 aromatic carbocycles. The minimum Gasteiger partial charge on any atom is -0.330 e. The molecule has 2 nitrogen and oxygen atoms in total. The van der Waals surface area contributed by atoms with E-state index in [0.717, 1.165) is 18.4 Å². The molecule has 0 spiro atoms. The lowest BCUT2D eigenvalue weighted by Crippen LogP contribution is -2.23. The lowest BCUT2D eigenvalue weighted by atomic mass is 9.92. The molecule has 0 aliphatic heterocycles. The highest BCUT2D eigenvalue weighted by Gasteiger charge is 2.17. The molecule has 17 heavy (non-hydrogen) atoms. The van der Waals surface area contributed by atoms with Gasteiger partial charge < -0.3 is 5.73 Å². The molecule has 0 radical (unpaired) electrons. The molecule has 2 heteroatoms. The van der Waals surface area contributed by atoms with E-state index in [0.29, 0.717) is 12.5 Å². The summed E-state index contributed by atoms with van der Waals surface area (Å²) in [5.74, 6) is 0.662. The largest absolute Gasteiger partial charge is 0.330 e. The van der Waals surface area contributed by atoms with Crippen LogP contribution in [0.5, 0.6) is 0 Å². The first-order chi connectivity index (χ1) is 8.10. The fourth-order valence-corrected chi connectivity index (χ4v) is 1.97. The Balaban J connectivity index is 2.81. The van der Waals surface area contributed by atoms with E-state index >= 15 is 0 Å². The Kier molecular flexibility index (Phi) is 5.36. The Morgan fingerprint density at radius 3 is 2.24 bits per heavy atom. The predicted octanol–water partition coefficient (Wildman–Crippen LogP) is 3.37. The molecular weight excluding hydrogens is 210 g/mol. The van der Waals surface area contributed by atoms with Crippen LogP contribution >= 0.6 is 0 Å². The smallest absolute Gasteiger partial charge is 0.167 e. The van der Waals surface area contributed by atoms with Crippen molar-refractivity contribution < 1.29 is 4.79 Å². The molecule has 0 saturated carbocycles. The van der Waals surface area contributed by atoms with Gasteiger partial charge in [0.15, 0.2) is 5.78 Å². The third-order valence-corrected chi connectivity index (χ3v) is 3.15. The standard InChI is InChI=1S/C15H23NO/c1-4-5-14(10-16)15(17)13-8-6-12(7-9-13)11(2)3/h6-9,11,14H,4-5,10,16H2,1-3H3. The molecule has 1 unspecified atom stereocenters. The predicted molar refractivity (Wildman–Crippen MR) is 72.3 cm³/mol. The van der Waals surface area contributed by atoms with Crippen LogP contribution in [0.4, 0.5) is 0 Å². The fourth-order valence-electron chi connectivity index (χ4n) is 1.97. The van der Waals surface area contributed by atoms with E-state index in [9.17, 15) is 4.79 Å². The fraction of sp³-hybridized carbons (Fsp3) is 0.533. The van der Waals surface area contributed by atoms with Crippen molar-refractivity contribution in [2.75, 3.05) is 6.54 Å². The Bertz CT molecular complexity index is 354. The van der Waals surface area contributed by atoms with Crippen LogP contribution in [-0.4, -0.2) is 12.3 Å². The number of rotatable bonds is 6. The second kappa shape index (κ2) is 6.55. The Morgan fingerprint density at radius 1 is 1.24 bits per heavy atom. The van der Waals surface area contributed by atoms with Crippen molar-refractivity contribution in [1.29, 1.82) is 0 Å². The van der Waals surface area contributed by atoms with Crippen molar-refractivity contribution in [2.24, 2.45) is 11.7 Å². The van der Waals surface area contributed by atoms with Crippen molar-refractivity contribution in [3.8, 4) is 0 Å². The molecule has 0 bridgehead atoms. The van der Waals surface area contributed by atoms with Gasteiger partial charge in [-0.15, -0.1) is 0 Å². The quantitative estimate of drug-likeness (QED) is 0.765. The summed E-state index contributed by atoms with van der Waals surface area (Å²) in [6, 6.07) is 7.93. The van der Waals surface area contributed by atoms with Crippen molar-refractivity contribution in [1.82, 2.24) is 0 Å². The van der Waals surface area contributed by atoms with Crippen LogP contribution < -0.4 is 5.73 Å². The number of carbonyl (C=O) groups excluding carboxylic acids is 1. The maximum atomic E-state index is 12.2. The summed E-state index contributed by atoms with van der Waals surface area (Å²) in [6.07, 6.45) is 1.87. The first kappa shape index (κ1) is 13.9. The highest BCUT2D eigenvalue weighted by Crippen LogP contribution is 2.18. The first-order valence-corrected chi connectivity index (χ1v) is 6.44.